The van der Waals surface area contributed by atoms with Crippen LogP contribution in [0.5, 0.6) is 0 Å². The lowest BCUT2D eigenvalue weighted by molar-refractivity contribution is -0.157. The first-order valence-electron chi connectivity index (χ1n) is 14.5. The number of nitrogens with zero attached hydrogens (tertiary/aromatic N) is 1. The lowest BCUT2D eigenvalue weighted by Gasteiger charge is -2.24. The van der Waals surface area contributed by atoms with Gasteiger partial charge in [-0.25, -0.2) is 14.4 Å². The van der Waals surface area contributed by atoms with Gasteiger partial charge in [0.1, 0.15) is 23.9 Å². The number of benzene rings is 3. The van der Waals surface area contributed by atoms with E-state index in [9.17, 15) is 14.4 Å². The summed E-state index contributed by atoms with van der Waals surface area (Å²) in [7, 11) is 0. The van der Waals surface area contributed by atoms with Crippen LogP contribution in [-0.4, -0.2) is 46.6 Å². The molecule has 8 heteroatoms. The second kappa shape index (κ2) is 11.6. The fourth-order valence-electron chi connectivity index (χ4n) is 5.44. The third kappa shape index (κ3) is 6.74. The Morgan fingerprint density at radius 1 is 0.791 bits per heavy atom. The molecule has 0 fully saturated rings. The van der Waals surface area contributed by atoms with Crippen LogP contribution in [0.4, 0.5) is 9.59 Å². The van der Waals surface area contributed by atoms with Gasteiger partial charge in [-0.3, -0.25) is 4.57 Å². The fourth-order valence-corrected chi connectivity index (χ4v) is 5.44. The van der Waals surface area contributed by atoms with Gasteiger partial charge in [-0.15, -0.1) is 0 Å². The number of aromatic nitrogens is 1. The van der Waals surface area contributed by atoms with Crippen molar-refractivity contribution in [1.29, 1.82) is 0 Å². The van der Waals surface area contributed by atoms with Crippen LogP contribution in [0.15, 0.2) is 79.0 Å². The van der Waals surface area contributed by atoms with Crippen LogP contribution in [-0.2, 0) is 25.4 Å². The minimum atomic E-state index is -1.06. The molecule has 1 aliphatic carbocycles. The van der Waals surface area contributed by atoms with Gasteiger partial charge >= 0.3 is 18.2 Å². The van der Waals surface area contributed by atoms with Crippen LogP contribution in [0.3, 0.4) is 0 Å². The quantitative estimate of drug-likeness (QED) is 0.191. The molecule has 1 unspecified atom stereocenters. The number of carbonyl (C=O) groups is 3. The van der Waals surface area contributed by atoms with E-state index in [2.05, 4.69) is 17.4 Å². The first-order chi connectivity index (χ1) is 20.3. The molecule has 3 aromatic carbocycles. The number of alkyl carbamates (subject to hydrolysis) is 1. The van der Waals surface area contributed by atoms with E-state index in [1.807, 2.05) is 60.7 Å². The summed E-state index contributed by atoms with van der Waals surface area (Å²) in [5.74, 6) is -0.722. The molecule has 0 spiro atoms. The van der Waals surface area contributed by atoms with Crippen LogP contribution in [0.25, 0.3) is 22.0 Å². The van der Waals surface area contributed by atoms with Crippen LogP contribution in [0.1, 0.15) is 64.2 Å². The minimum Gasteiger partial charge on any atom is -0.458 e. The number of hydrogen-bond acceptors (Lipinski definition) is 6. The van der Waals surface area contributed by atoms with E-state index < -0.39 is 35.4 Å². The van der Waals surface area contributed by atoms with E-state index in [1.165, 1.54) is 4.57 Å². The Kier molecular flexibility index (Phi) is 8.06. The fraction of sp³-hybridized carbons (Fsp3) is 0.343. The molecule has 0 bridgehead atoms. The molecular weight excluding hydrogens is 544 g/mol. The SMILES string of the molecule is CC(C)(C)OC(=O)C(Cc1cn(C(=O)OC(C)(C)C)c2ccccc12)NC(=O)OCC1c2ccccc2-c2ccccc21. The van der Waals surface area contributed by atoms with Crippen LogP contribution < -0.4 is 5.32 Å². The number of para-hydroxylation sites is 1. The highest BCUT2D eigenvalue weighted by Gasteiger charge is 2.32. The van der Waals surface area contributed by atoms with Crippen molar-refractivity contribution in [1.82, 2.24) is 9.88 Å². The number of amides is 1. The number of nitrogens with one attached hydrogen (secondary N) is 1. The Labute approximate surface area is 251 Å². The van der Waals surface area contributed by atoms with Gasteiger partial charge in [0, 0.05) is 23.9 Å². The summed E-state index contributed by atoms with van der Waals surface area (Å²) in [5, 5.41) is 3.50. The second-order valence-electron chi connectivity index (χ2n) is 12.8. The standard InChI is InChI=1S/C35H38N2O6/c1-34(2,3)42-31(38)29(19-22-20-37(33(40)43-35(4,5)6)30-18-12-11-13-23(22)30)36-32(39)41-21-28-26-16-9-7-14-24(26)25-15-8-10-17-27(25)28/h7-18,20,28-29H,19,21H2,1-6H3,(H,36,39). The molecule has 224 valence electrons. The number of rotatable bonds is 6. The summed E-state index contributed by atoms with van der Waals surface area (Å²) in [6, 6.07) is 22.5. The molecule has 43 heavy (non-hydrogen) atoms. The predicted molar refractivity (Wildman–Crippen MR) is 165 cm³/mol. The molecule has 0 aliphatic heterocycles. The highest BCUT2D eigenvalue weighted by molar-refractivity contribution is 5.93. The van der Waals surface area contributed by atoms with Gasteiger partial charge in [0.05, 0.1) is 5.52 Å². The molecule has 1 aliphatic rings. The predicted octanol–water partition coefficient (Wildman–Crippen LogP) is 7.22. The molecule has 1 atom stereocenters. The summed E-state index contributed by atoms with van der Waals surface area (Å²) < 4.78 is 18.4. The van der Waals surface area contributed by atoms with E-state index in [1.54, 1.807) is 47.7 Å². The monoisotopic (exact) mass is 582 g/mol. The summed E-state index contributed by atoms with van der Waals surface area (Å²) in [6.07, 6.45) is 0.465. The largest absolute Gasteiger partial charge is 0.458 e. The van der Waals surface area contributed by atoms with Gasteiger partial charge in [0.25, 0.3) is 0 Å². The van der Waals surface area contributed by atoms with Crippen molar-refractivity contribution in [3.8, 4) is 11.1 Å². The Morgan fingerprint density at radius 2 is 1.35 bits per heavy atom. The number of esters is 1. The van der Waals surface area contributed by atoms with Crippen molar-refractivity contribution in [3.05, 3.63) is 95.7 Å². The smallest absolute Gasteiger partial charge is 0.419 e. The normalized spacial score (nSPS) is 13.6. The maximum absolute atomic E-state index is 13.4. The van der Waals surface area contributed by atoms with Crippen molar-refractivity contribution in [2.24, 2.45) is 0 Å². The van der Waals surface area contributed by atoms with Crippen LogP contribution >= 0.6 is 0 Å². The second-order valence-corrected chi connectivity index (χ2v) is 12.8. The molecule has 1 heterocycles. The van der Waals surface area contributed by atoms with Crippen LogP contribution in [0.2, 0.25) is 0 Å². The molecule has 8 nitrogen and oxygen atoms in total. The molecule has 0 saturated heterocycles. The Morgan fingerprint density at radius 3 is 1.95 bits per heavy atom. The zero-order valence-electron chi connectivity index (χ0n) is 25.5. The van der Waals surface area contributed by atoms with Crippen molar-refractivity contribution in [3.63, 3.8) is 0 Å². The zero-order chi connectivity index (χ0) is 30.9. The maximum Gasteiger partial charge on any atom is 0.419 e. The van der Waals surface area contributed by atoms with Gasteiger partial charge in [-0.05, 0) is 75.4 Å². The molecule has 0 radical (unpaired) electrons. The molecule has 0 saturated carbocycles. The molecule has 1 N–H and O–H groups in total. The number of hydrogen-bond donors (Lipinski definition) is 1. The zero-order valence-corrected chi connectivity index (χ0v) is 25.5. The average Bonchev–Trinajstić information content (AvgIpc) is 3.46. The van der Waals surface area contributed by atoms with Gasteiger partial charge in [0.2, 0.25) is 0 Å². The van der Waals surface area contributed by atoms with E-state index in [-0.39, 0.29) is 18.9 Å². The first kappa shape index (κ1) is 29.9. The first-order valence-corrected chi connectivity index (χ1v) is 14.5. The molecule has 1 amide bonds. The molecular formula is C35H38N2O6. The number of ether oxygens (including phenoxy) is 3. The Hall–Kier alpha value is -4.59. The van der Waals surface area contributed by atoms with E-state index in [0.717, 1.165) is 27.6 Å². The van der Waals surface area contributed by atoms with Crippen LogP contribution in [0, 0.1) is 0 Å². The number of fused-ring (bicyclic) bond motifs is 4. The van der Waals surface area contributed by atoms with Crippen molar-refractivity contribution < 1.29 is 28.6 Å². The molecule has 4 aromatic rings. The molecule has 1 aromatic heterocycles. The van der Waals surface area contributed by atoms with Gasteiger partial charge in [-0.2, -0.15) is 0 Å². The highest BCUT2D eigenvalue weighted by Crippen LogP contribution is 2.44. The van der Waals surface area contributed by atoms with Crippen molar-refractivity contribution in [2.75, 3.05) is 6.61 Å². The number of carbonyl (C=O) groups excluding carboxylic acids is 3. The van der Waals surface area contributed by atoms with E-state index in [4.69, 9.17) is 14.2 Å². The van der Waals surface area contributed by atoms with Gasteiger partial charge < -0.3 is 19.5 Å². The van der Waals surface area contributed by atoms with Crippen molar-refractivity contribution >= 4 is 29.1 Å². The Balaban J connectivity index is 1.37. The summed E-state index contributed by atoms with van der Waals surface area (Å²) in [5.41, 5.74) is 4.29. The minimum absolute atomic E-state index is 0.0788. The highest BCUT2D eigenvalue weighted by atomic mass is 16.6. The maximum atomic E-state index is 13.4. The summed E-state index contributed by atoms with van der Waals surface area (Å²) >= 11 is 0. The lowest BCUT2D eigenvalue weighted by Crippen LogP contribution is -2.46. The van der Waals surface area contributed by atoms with Gasteiger partial charge in [0.15, 0.2) is 0 Å². The topological polar surface area (TPSA) is 95.9 Å². The van der Waals surface area contributed by atoms with E-state index >= 15 is 0 Å². The Bertz CT molecular complexity index is 1630. The summed E-state index contributed by atoms with van der Waals surface area (Å²) in [6.45, 7) is 10.8. The average molecular weight is 583 g/mol. The summed E-state index contributed by atoms with van der Waals surface area (Å²) in [4.78, 5) is 39.6. The van der Waals surface area contributed by atoms with Gasteiger partial charge in [-0.1, -0.05) is 66.7 Å². The van der Waals surface area contributed by atoms with Crippen molar-refractivity contribution in [2.45, 2.75) is 71.1 Å². The molecule has 5 rings (SSSR count). The third-order valence-corrected chi connectivity index (χ3v) is 7.14. The third-order valence-electron chi connectivity index (χ3n) is 7.14. The lowest BCUT2D eigenvalue weighted by atomic mass is 9.98. The van der Waals surface area contributed by atoms with E-state index in [0.29, 0.717) is 11.1 Å².